The molecule has 132 valence electrons. The first kappa shape index (κ1) is 18.3. The minimum absolute atomic E-state index is 0.110. The van der Waals surface area contributed by atoms with E-state index in [2.05, 4.69) is 5.32 Å². The average Bonchev–Trinajstić information content (AvgIpc) is 2.52. The first-order valence-electron chi connectivity index (χ1n) is 7.24. The van der Waals surface area contributed by atoms with Crippen LogP contribution in [0, 0.1) is 17.5 Å². The Morgan fingerprint density at radius 2 is 1.80 bits per heavy atom. The molecule has 0 aromatic heterocycles. The predicted molar refractivity (Wildman–Crippen MR) is 83.2 cm³/mol. The maximum absolute atomic E-state index is 14.0. The molecule has 0 unspecified atom stereocenters. The van der Waals surface area contributed by atoms with Gasteiger partial charge in [-0.15, -0.1) is 0 Å². The van der Waals surface area contributed by atoms with Gasteiger partial charge in [0, 0.05) is 12.1 Å². The minimum Gasteiger partial charge on any atom is -0.489 e. The number of carbonyl (C=O) groups is 2. The van der Waals surface area contributed by atoms with Gasteiger partial charge in [-0.3, -0.25) is 9.59 Å². The van der Waals surface area contributed by atoms with Crippen molar-refractivity contribution in [3.63, 3.8) is 0 Å². The van der Waals surface area contributed by atoms with E-state index in [-0.39, 0.29) is 12.4 Å². The van der Waals surface area contributed by atoms with Crippen LogP contribution in [0.1, 0.15) is 22.8 Å². The van der Waals surface area contributed by atoms with E-state index in [1.165, 1.54) is 25.1 Å². The number of ether oxygens (including phenoxy) is 1. The molecular formula is C17H15F3N2O3. The van der Waals surface area contributed by atoms with Crippen LogP contribution in [0.25, 0.3) is 0 Å². The lowest BCUT2D eigenvalue weighted by molar-refractivity contribution is -0.119. The van der Waals surface area contributed by atoms with Gasteiger partial charge in [-0.2, -0.15) is 0 Å². The van der Waals surface area contributed by atoms with E-state index in [1.54, 1.807) is 6.07 Å². The summed E-state index contributed by atoms with van der Waals surface area (Å²) in [6.07, 6.45) is 0. The Hall–Kier alpha value is -3.03. The Kier molecular flexibility index (Phi) is 5.63. The van der Waals surface area contributed by atoms with Gasteiger partial charge in [0.15, 0.2) is 0 Å². The third-order valence-corrected chi connectivity index (χ3v) is 3.31. The number of hydrogen-bond acceptors (Lipinski definition) is 3. The highest BCUT2D eigenvalue weighted by molar-refractivity contribution is 5.97. The number of primary amides is 1. The van der Waals surface area contributed by atoms with E-state index >= 15 is 0 Å². The quantitative estimate of drug-likeness (QED) is 0.837. The third-order valence-electron chi connectivity index (χ3n) is 3.31. The number of rotatable bonds is 6. The Bertz CT molecular complexity index is 788. The second kappa shape index (κ2) is 7.69. The van der Waals surface area contributed by atoms with Crippen LogP contribution in [0.15, 0.2) is 36.4 Å². The van der Waals surface area contributed by atoms with E-state index in [0.29, 0.717) is 5.56 Å². The van der Waals surface area contributed by atoms with Crippen molar-refractivity contribution >= 4 is 11.8 Å². The van der Waals surface area contributed by atoms with Crippen LogP contribution in [-0.2, 0) is 11.4 Å². The molecule has 0 heterocycles. The fourth-order valence-electron chi connectivity index (χ4n) is 1.98. The van der Waals surface area contributed by atoms with Crippen LogP contribution >= 0.6 is 0 Å². The molecule has 0 aliphatic heterocycles. The molecule has 2 rings (SSSR count). The van der Waals surface area contributed by atoms with Crippen molar-refractivity contribution in [3.8, 4) is 5.75 Å². The van der Waals surface area contributed by atoms with Crippen molar-refractivity contribution < 1.29 is 27.5 Å². The molecule has 0 aliphatic rings. The second-order valence-corrected chi connectivity index (χ2v) is 5.28. The predicted octanol–water partition coefficient (Wildman–Crippen LogP) is 2.29. The molecule has 2 aromatic rings. The number of halogens is 3. The van der Waals surface area contributed by atoms with E-state index in [4.69, 9.17) is 10.5 Å². The molecule has 0 fully saturated rings. The number of nitrogens with one attached hydrogen (secondary N) is 1. The van der Waals surface area contributed by atoms with Crippen LogP contribution in [0.3, 0.4) is 0 Å². The lowest BCUT2D eigenvalue weighted by Crippen LogP contribution is -2.42. The molecule has 0 radical (unpaired) electrons. The van der Waals surface area contributed by atoms with Gasteiger partial charge in [0.05, 0.1) is 0 Å². The summed E-state index contributed by atoms with van der Waals surface area (Å²) >= 11 is 0. The Morgan fingerprint density at radius 1 is 1.16 bits per heavy atom. The molecule has 2 aromatic carbocycles. The number of amides is 2. The van der Waals surface area contributed by atoms with Crippen molar-refractivity contribution in [2.45, 2.75) is 19.6 Å². The fraction of sp³-hybridized carbons (Fsp3) is 0.176. The van der Waals surface area contributed by atoms with Crippen LogP contribution < -0.4 is 15.8 Å². The summed E-state index contributed by atoms with van der Waals surface area (Å²) in [4.78, 5) is 22.8. The molecule has 3 N–H and O–H groups in total. The van der Waals surface area contributed by atoms with Gasteiger partial charge in [0.2, 0.25) is 5.91 Å². The number of nitrogens with two attached hydrogens (primary N) is 1. The summed E-state index contributed by atoms with van der Waals surface area (Å²) in [7, 11) is 0. The van der Waals surface area contributed by atoms with Crippen molar-refractivity contribution in [1.29, 1.82) is 0 Å². The van der Waals surface area contributed by atoms with E-state index in [0.717, 1.165) is 12.1 Å². The zero-order chi connectivity index (χ0) is 18.6. The third kappa shape index (κ3) is 4.72. The zero-order valence-corrected chi connectivity index (χ0v) is 13.2. The molecule has 25 heavy (non-hydrogen) atoms. The van der Waals surface area contributed by atoms with Gasteiger partial charge in [0.25, 0.3) is 5.91 Å². The lowest BCUT2D eigenvalue weighted by atomic mass is 10.1. The first-order valence-corrected chi connectivity index (χ1v) is 7.24. The summed E-state index contributed by atoms with van der Waals surface area (Å²) in [5.74, 6) is -4.91. The standard InChI is InChI=1S/C17H15F3N2O3/c1-9(16(21)23)22-17(24)15-13(19)6-12(7-14(15)20)25-8-10-3-2-4-11(18)5-10/h2-7,9H,8H2,1H3,(H2,21,23)(H,22,24)/t9-/m0/s1. The molecule has 5 nitrogen and oxygen atoms in total. The summed E-state index contributed by atoms with van der Waals surface area (Å²) < 4.78 is 46.4. The highest BCUT2D eigenvalue weighted by Crippen LogP contribution is 2.22. The minimum atomic E-state index is -1.16. The van der Waals surface area contributed by atoms with Gasteiger partial charge < -0.3 is 15.8 Å². The lowest BCUT2D eigenvalue weighted by Gasteiger charge is -2.13. The summed E-state index contributed by atoms with van der Waals surface area (Å²) in [5.41, 5.74) is 4.60. The smallest absolute Gasteiger partial charge is 0.257 e. The molecule has 0 saturated carbocycles. The molecule has 0 bridgehead atoms. The number of carbonyl (C=O) groups excluding carboxylic acids is 2. The Morgan fingerprint density at radius 3 is 2.36 bits per heavy atom. The highest BCUT2D eigenvalue weighted by atomic mass is 19.1. The van der Waals surface area contributed by atoms with E-state index in [1.807, 2.05) is 0 Å². The topological polar surface area (TPSA) is 81.4 Å². The first-order chi connectivity index (χ1) is 11.8. The van der Waals surface area contributed by atoms with Gasteiger partial charge in [0.1, 0.15) is 41.4 Å². The van der Waals surface area contributed by atoms with Crippen molar-refractivity contribution in [2.24, 2.45) is 5.73 Å². The maximum Gasteiger partial charge on any atom is 0.257 e. The molecule has 1 atom stereocenters. The van der Waals surface area contributed by atoms with Crippen LogP contribution in [0.2, 0.25) is 0 Å². The largest absolute Gasteiger partial charge is 0.489 e. The number of benzene rings is 2. The molecule has 0 aliphatic carbocycles. The van der Waals surface area contributed by atoms with Gasteiger partial charge >= 0.3 is 0 Å². The van der Waals surface area contributed by atoms with Crippen LogP contribution in [0.4, 0.5) is 13.2 Å². The van der Waals surface area contributed by atoms with Crippen molar-refractivity contribution in [2.75, 3.05) is 0 Å². The van der Waals surface area contributed by atoms with E-state index < -0.39 is 40.9 Å². The van der Waals surface area contributed by atoms with Crippen LogP contribution in [-0.4, -0.2) is 17.9 Å². The Labute approximate surface area is 141 Å². The summed E-state index contributed by atoms with van der Waals surface area (Å²) in [6.45, 7) is 1.17. The molecule has 0 spiro atoms. The maximum atomic E-state index is 14.0. The monoisotopic (exact) mass is 352 g/mol. The average molecular weight is 352 g/mol. The molecular weight excluding hydrogens is 337 g/mol. The van der Waals surface area contributed by atoms with Crippen molar-refractivity contribution in [1.82, 2.24) is 5.32 Å². The number of hydrogen-bond donors (Lipinski definition) is 2. The van der Waals surface area contributed by atoms with Gasteiger partial charge in [-0.1, -0.05) is 12.1 Å². The second-order valence-electron chi connectivity index (χ2n) is 5.28. The highest BCUT2D eigenvalue weighted by Gasteiger charge is 2.22. The van der Waals surface area contributed by atoms with Gasteiger partial charge in [-0.25, -0.2) is 13.2 Å². The SMILES string of the molecule is C[C@H](NC(=O)c1c(F)cc(OCc2cccc(F)c2)cc1F)C(N)=O. The van der Waals surface area contributed by atoms with E-state index in [9.17, 15) is 22.8 Å². The zero-order valence-electron chi connectivity index (χ0n) is 13.2. The molecule has 2 amide bonds. The summed E-state index contributed by atoms with van der Waals surface area (Å²) in [5, 5.41) is 2.08. The normalized spacial score (nSPS) is 11.7. The van der Waals surface area contributed by atoms with Crippen LogP contribution in [0.5, 0.6) is 5.75 Å². The molecule has 8 heteroatoms. The Balaban J connectivity index is 2.13. The fourth-order valence-corrected chi connectivity index (χ4v) is 1.98. The molecule has 0 saturated heterocycles. The van der Waals surface area contributed by atoms with Crippen molar-refractivity contribution in [3.05, 3.63) is 65.0 Å². The van der Waals surface area contributed by atoms with Gasteiger partial charge in [-0.05, 0) is 24.6 Å². The summed E-state index contributed by atoms with van der Waals surface area (Å²) in [6, 6.07) is 6.10.